The zero-order valence-electron chi connectivity index (χ0n) is 12.0. The molecular weight excluding hydrogens is 280 g/mol. The number of carbonyl (C=O) groups excluding carboxylic acids is 1. The van der Waals surface area contributed by atoms with Crippen LogP contribution in [0.3, 0.4) is 0 Å². The summed E-state index contributed by atoms with van der Waals surface area (Å²) in [6.45, 7) is 3.88. The van der Waals surface area contributed by atoms with Crippen molar-refractivity contribution >= 4 is 28.4 Å². The fourth-order valence-electron chi connectivity index (χ4n) is 2.45. The lowest BCUT2D eigenvalue weighted by Crippen LogP contribution is -2.14. The topological polar surface area (TPSA) is 45.8 Å². The number of Topliss-reactive ketones (excluding diaryl/α,β-unsaturated/α-hetero) is 1. The van der Waals surface area contributed by atoms with Gasteiger partial charge in [-0.15, -0.1) is 0 Å². The van der Waals surface area contributed by atoms with Gasteiger partial charge in [0.05, 0.1) is 10.3 Å². The van der Waals surface area contributed by atoms with Crippen molar-refractivity contribution in [2.45, 2.75) is 24.1 Å². The van der Waals surface area contributed by atoms with Gasteiger partial charge in [-0.05, 0) is 32.0 Å². The molecule has 1 N–H and O–H groups in total. The van der Waals surface area contributed by atoms with Crippen molar-refractivity contribution in [3.05, 3.63) is 59.9 Å². The number of aryl methyl sites for hydroxylation is 1. The molecule has 1 aromatic carbocycles. The van der Waals surface area contributed by atoms with E-state index in [9.17, 15) is 4.79 Å². The summed E-state index contributed by atoms with van der Waals surface area (Å²) in [5.74, 6) is 0.139. The smallest absolute Gasteiger partial charge is 0.178 e. The van der Waals surface area contributed by atoms with Gasteiger partial charge >= 0.3 is 0 Å². The van der Waals surface area contributed by atoms with Crippen molar-refractivity contribution in [3.63, 3.8) is 0 Å². The predicted molar refractivity (Wildman–Crippen MR) is 86.9 cm³/mol. The lowest BCUT2D eigenvalue weighted by molar-refractivity contribution is 0.0995. The molecule has 0 amide bonds. The standard InChI is InChI=1S/C17H16N2OS/c1-11-16(13-7-3-4-8-14(13)19-11)17(20)12(2)21-15-9-5-6-10-18-15/h3-10,12,19H,1-2H3/t12-/m1/s1. The second-order valence-corrected chi connectivity index (χ2v) is 6.32. The third-order valence-electron chi connectivity index (χ3n) is 3.44. The van der Waals surface area contributed by atoms with Gasteiger partial charge in [-0.3, -0.25) is 4.79 Å². The number of hydrogen-bond acceptors (Lipinski definition) is 3. The van der Waals surface area contributed by atoms with Crippen molar-refractivity contribution in [2.75, 3.05) is 0 Å². The van der Waals surface area contributed by atoms with Gasteiger partial charge in [0.15, 0.2) is 5.78 Å². The van der Waals surface area contributed by atoms with Crippen LogP contribution in [0.5, 0.6) is 0 Å². The van der Waals surface area contributed by atoms with Gasteiger partial charge in [0.2, 0.25) is 0 Å². The molecule has 3 rings (SSSR count). The van der Waals surface area contributed by atoms with Crippen LogP contribution in [0, 0.1) is 6.92 Å². The first-order valence-corrected chi connectivity index (χ1v) is 7.74. The predicted octanol–water partition coefficient (Wildman–Crippen LogP) is 4.23. The van der Waals surface area contributed by atoms with Crippen molar-refractivity contribution in [3.8, 4) is 0 Å². The number of aromatic amines is 1. The van der Waals surface area contributed by atoms with Crippen LogP contribution in [-0.2, 0) is 0 Å². The molecule has 2 aromatic heterocycles. The SMILES string of the molecule is Cc1[nH]c2ccccc2c1C(=O)[C@@H](C)Sc1ccccn1. The molecular formula is C17H16N2OS. The minimum Gasteiger partial charge on any atom is -0.358 e. The third kappa shape index (κ3) is 2.72. The molecule has 0 bridgehead atoms. The number of carbonyl (C=O) groups is 1. The van der Waals surface area contributed by atoms with Gasteiger partial charge in [0, 0.05) is 28.4 Å². The molecule has 3 nitrogen and oxygen atoms in total. The highest BCUT2D eigenvalue weighted by Gasteiger charge is 2.22. The maximum absolute atomic E-state index is 12.8. The van der Waals surface area contributed by atoms with Gasteiger partial charge in [0.1, 0.15) is 0 Å². The first kappa shape index (κ1) is 13.9. The molecule has 0 saturated heterocycles. The Labute approximate surface area is 127 Å². The van der Waals surface area contributed by atoms with Crippen LogP contribution in [0.15, 0.2) is 53.7 Å². The van der Waals surface area contributed by atoms with E-state index in [0.717, 1.165) is 27.2 Å². The number of nitrogens with one attached hydrogen (secondary N) is 1. The van der Waals surface area contributed by atoms with Crippen LogP contribution in [0.2, 0.25) is 0 Å². The van der Waals surface area contributed by atoms with Gasteiger partial charge < -0.3 is 4.98 Å². The number of pyridine rings is 1. The number of para-hydroxylation sites is 1. The molecule has 4 heteroatoms. The lowest BCUT2D eigenvalue weighted by atomic mass is 10.1. The summed E-state index contributed by atoms with van der Waals surface area (Å²) in [5.41, 5.74) is 2.73. The van der Waals surface area contributed by atoms with Crippen LogP contribution in [0.25, 0.3) is 10.9 Å². The van der Waals surface area contributed by atoms with E-state index in [1.807, 2.05) is 56.3 Å². The third-order valence-corrected chi connectivity index (χ3v) is 4.50. The number of hydrogen-bond donors (Lipinski definition) is 1. The highest BCUT2D eigenvalue weighted by molar-refractivity contribution is 8.00. The van der Waals surface area contributed by atoms with E-state index in [-0.39, 0.29) is 11.0 Å². The average molecular weight is 296 g/mol. The Kier molecular flexibility index (Phi) is 3.80. The second kappa shape index (κ2) is 5.74. The van der Waals surface area contributed by atoms with E-state index in [0.29, 0.717) is 0 Å². The van der Waals surface area contributed by atoms with Crippen molar-refractivity contribution in [1.29, 1.82) is 0 Å². The Balaban J connectivity index is 1.91. The quantitative estimate of drug-likeness (QED) is 0.578. The highest BCUT2D eigenvalue weighted by Crippen LogP contribution is 2.28. The minimum absolute atomic E-state index is 0.139. The number of benzene rings is 1. The van der Waals surface area contributed by atoms with E-state index in [2.05, 4.69) is 9.97 Å². The van der Waals surface area contributed by atoms with Crippen LogP contribution in [-0.4, -0.2) is 21.0 Å². The summed E-state index contributed by atoms with van der Waals surface area (Å²) in [6, 6.07) is 13.7. The largest absolute Gasteiger partial charge is 0.358 e. The summed E-state index contributed by atoms with van der Waals surface area (Å²) in [6.07, 6.45) is 1.75. The number of nitrogens with zero attached hydrogens (tertiary/aromatic N) is 1. The fourth-order valence-corrected chi connectivity index (χ4v) is 3.31. The molecule has 106 valence electrons. The molecule has 0 aliphatic carbocycles. The van der Waals surface area contributed by atoms with E-state index in [4.69, 9.17) is 0 Å². The molecule has 1 atom stereocenters. The monoisotopic (exact) mass is 296 g/mol. The first-order valence-electron chi connectivity index (χ1n) is 6.86. The van der Waals surface area contributed by atoms with Crippen LogP contribution in [0.4, 0.5) is 0 Å². The summed E-state index contributed by atoms with van der Waals surface area (Å²) in [7, 11) is 0. The zero-order chi connectivity index (χ0) is 14.8. The van der Waals surface area contributed by atoms with E-state index in [1.165, 1.54) is 11.8 Å². The van der Waals surface area contributed by atoms with E-state index < -0.39 is 0 Å². The maximum Gasteiger partial charge on any atom is 0.178 e. The molecule has 0 spiro atoms. The molecule has 0 aliphatic heterocycles. The van der Waals surface area contributed by atoms with E-state index >= 15 is 0 Å². The van der Waals surface area contributed by atoms with E-state index in [1.54, 1.807) is 6.20 Å². The molecule has 3 aromatic rings. The molecule has 0 fully saturated rings. The fraction of sp³-hybridized carbons (Fsp3) is 0.176. The first-order chi connectivity index (χ1) is 10.2. The van der Waals surface area contributed by atoms with Crippen LogP contribution >= 0.6 is 11.8 Å². The molecule has 0 radical (unpaired) electrons. The number of H-pyrrole nitrogens is 1. The molecule has 2 heterocycles. The maximum atomic E-state index is 12.8. The second-order valence-electron chi connectivity index (χ2n) is 4.96. The Morgan fingerprint density at radius 1 is 1.19 bits per heavy atom. The average Bonchev–Trinajstić information content (AvgIpc) is 2.83. The van der Waals surface area contributed by atoms with Crippen molar-refractivity contribution in [1.82, 2.24) is 9.97 Å². The summed E-state index contributed by atoms with van der Waals surface area (Å²) < 4.78 is 0. The summed E-state index contributed by atoms with van der Waals surface area (Å²) in [4.78, 5) is 20.3. The Bertz CT molecular complexity index is 780. The lowest BCUT2D eigenvalue weighted by Gasteiger charge is -2.09. The molecule has 0 aliphatic rings. The molecule has 0 unspecified atom stereocenters. The summed E-state index contributed by atoms with van der Waals surface area (Å²) >= 11 is 1.49. The zero-order valence-corrected chi connectivity index (χ0v) is 12.8. The Morgan fingerprint density at radius 3 is 2.71 bits per heavy atom. The molecule has 21 heavy (non-hydrogen) atoms. The van der Waals surface area contributed by atoms with Crippen LogP contribution in [0.1, 0.15) is 23.0 Å². The number of aromatic nitrogens is 2. The van der Waals surface area contributed by atoms with Gasteiger partial charge in [-0.25, -0.2) is 4.98 Å². The van der Waals surface area contributed by atoms with Gasteiger partial charge in [-0.1, -0.05) is 36.0 Å². The number of thioether (sulfide) groups is 1. The number of rotatable bonds is 4. The highest BCUT2D eigenvalue weighted by atomic mass is 32.2. The normalized spacial score (nSPS) is 12.5. The Morgan fingerprint density at radius 2 is 1.95 bits per heavy atom. The number of fused-ring (bicyclic) bond motifs is 1. The summed E-state index contributed by atoms with van der Waals surface area (Å²) in [5, 5.41) is 1.70. The number of ketones is 1. The minimum atomic E-state index is -0.169. The Hall–Kier alpha value is -2.07. The molecule has 0 saturated carbocycles. The van der Waals surface area contributed by atoms with Crippen LogP contribution < -0.4 is 0 Å². The van der Waals surface area contributed by atoms with Gasteiger partial charge in [0.25, 0.3) is 0 Å². The van der Waals surface area contributed by atoms with Crippen molar-refractivity contribution in [2.24, 2.45) is 0 Å². The van der Waals surface area contributed by atoms with Gasteiger partial charge in [-0.2, -0.15) is 0 Å². The van der Waals surface area contributed by atoms with Crippen molar-refractivity contribution < 1.29 is 4.79 Å².